The van der Waals surface area contributed by atoms with Crippen molar-refractivity contribution >= 4 is 28.8 Å². The minimum absolute atomic E-state index is 0.0175. The molecule has 0 unspecified atom stereocenters. The van der Waals surface area contributed by atoms with E-state index in [2.05, 4.69) is 10.3 Å². The number of fused-ring (bicyclic) bond motifs is 1. The maximum Gasteiger partial charge on any atom is 0.258 e. The maximum atomic E-state index is 12.2. The van der Waals surface area contributed by atoms with Gasteiger partial charge in [0.15, 0.2) is 0 Å². The van der Waals surface area contributed by atoms with Crippen LogP contribution in [0.2, 0.25) is 5.02 Å². The van der Waals surface area contributed by atoms with Crippen LogP contribution in [0.3, 0.4) is 0 Å². The van der Waals surface area contributed by atoms with E-state index in [1.807, 2.05) is 13.8 Å². The van der Waals surface area contributed by atoms with Crippen LogP contribution in [0.5, 0.6) is 5.75 Å². The van der Waals surface area contributed by atoms with Crippen LogP contribution in [0.25, 0.3) is 5.65 Å². The molecule has 3 rings (SSSR count). The highest BCUT2D eigenvalue weighted by Gasteiger charge is 2.14. The third kappa shape index (κ3) is 4.70. The highest BCUT2D eigenvalue weighted by Crippen LogP contribution is 2.19. The summed E-state index contributed by atoms with van der Waals surface area (Å²) in [5.41, 5.74) is 1.54. The lowest BCUT2D eigenvalue weighted by Gasteiger charge is -2.13. The van der Waals surface area contributed by atoms with E-state index in [1.54, 1.807) is 36.4 Å². The Bertz CT molecular complexity index is 1030. The monoisotopic (exact) mass is 399 g/mol. The zero-order chi connectivity index (χ0) is 20.1. The van der Waals surface area contributed by atoms with Gasteiger partial charge in [0.1, 0.15) is 18.0 Å². The fraction of sp³-hybridized carbons (Fsp3) is 0.286. The molecule has 0 saturated heterocycles. The van der Waals surface area contributed by atoms with E-state index in [-0.39, 0.29) is 24.0 Å². The zero-order valence-electron chi connectivity index (χ0n) is 15.8. The van der Waals surface area contributed by atoms with Crippen LogP contribution in [0.15, 0.2) is 53.5 Å². The second-order valence-corrected chi connectivity index (χ2v) is 6.91. The molecule has 146 valence electrons. The Kier molecular flexibility index (Phi) is 6.31. The van der Waals surface area contributed by atoms with Crippen molar-refractivity contribution in [2.24, 2.45) is 5.92 Å². The summed E-state index contributed by atoms with van der Waals surface area (Å²) in [5.74, 6) is 0.669. The molecule has 0 aliphatic rings. The van der Waals surface area contributed by atoms with E-state index in [1.165, 1.54) is 16.7 Å². The number of halogens is 1. The summed E-state index contributed by atoms with van der Waals surface area (Å²) >= 11 is 5.91. The lowest BCUT2D eigenvalue weighted by Crippen LogP contribution is -2.21. The van der Waals surface area contributed by atoms with Gasteiger partial charge in [0, 0.05) is 23.9 Å². The first-order valence-electron chi connectivity index (χ1n) is 9.21. The van der Waals surface area contributed by atoms with Crippen LogP contribution in [0.1, 0.15) is 32.4 Å². The van der Waals surface area contributed by atoms with Crippen LogP contribution in [0.4, 0.5) is 5.69 Å². The van der Waals surface area contributed by atoms with Crippen molar-refractivity contribution in [2.75, 3.05) is 5.32 Å². The summed E-state index contributed by atoms with van der Waals surface area (Å²) in [6, 6.07) is 11.9. The molecule has 0 saturated carbocycles. The van der Waals surface area contributed by atoms with Gasteiger partial charge >= 0.3 is 0 Å². The van der Waals surface area contributed by atoms with Crippen molar-refractivity contribution in [3.8, 4) is 5.75 Å². The second kappa shape index (κ2) is 8.89. The Morgan fingerprint density at radius 3 is 2.57 bits per heavy atom. The van der Waals surface area contributed by atoms with Crippen molar-refractivity contribution in [2.45, 2.75) is 33.3 Å². The van der Waals surface area contributed by atoms with Crippen molar-refractivity contribution in [3.63, 3.8) is 0 Å². The summed E-state index contributed by atoms with van der Waals surface area (Å²) in [4.78, 5) is 28.7. The number of ether oxygens (including phenoxy) is 1. The molecule has 1 N–H and O–H groups in total. The number of carbonyl (C=O) groups excluding carboxylic acids is 1. The van der Waals surface area contributed by atoms with Gasteiger partial charge in [0.25, 0.3) is 5.56 Å². The average molecular weight is 400 g/mol. The van der Waals surface area contributed by atoms with E-state index in [4.69, 9.17) is 16.3 Å². The number of hydrogen-bond donors (Lipinski definition) is 1. The van der Waals surface area contributed by atoms with Gasteiger partial charge in [0.2, 0.25) is 5.91 Å². The Labute approximate surface area is 168 Å². The van der Waals surface area contributed by atoms with Gasteiger partial charge in [-0.25, -0.2) is 4.98 Å². The van der Waals surface area contributed by atoms with Crippen LogP contribution in [0, 0.1) is 5.92 Å². The van der Waals surface area contributed by atoms with Crippen LogP contribution >= 0.6 is 11.6 Å². The number of carbonyl (C=O) groups is 1. The van der Waals surface area contributed by atoms with Crippen LogP contribution in [-0.4, -0.2) is 15.3 Å². The summed E-state index contributed by atoms with van der Waals surface area (Å²) in [5, 5.41) is 3.38. The van der Waals surface area contributed by atoms with E-state index in [0.717, 1.165) is 18.5 Å². The zero-order valence-corrected chi connectivity index (χ0v) is 16.6. The lowest BCUT2D eigenvalue weighted by atomic mass is 10.0. The number of benzene rings is 1. The van der Waals surface area contributed by atoms with Gasteiger partial charge in [-0.3, -0.25) is 14.0 Å². The summed E-state index contributed by atoms with van der Waals surface area (Å²) in [6.07, 6.45) is 3.16. The quantitative estimate of drug-likeness (QED) is 0.642. The standard InChI is InChI=1S/C21H22ClN3O3/c1-3-14(4-2)21(27)24-16-6-8-18(9-7-16)28-13-17-11-20(26)25-12-15(22)5-10-19(25)23-17/h5-12,14H,3-4,13H2,1-2H3,(H,24,27). The third-order valence-corrected chi connectivity index (χ3v) is 4.77. The SMILES string of the molecule is CCC(CC)C(=O)Nc1ccc(OCc2cc(=O)n3cc(Cl)ccc3n2)cc1. The Morgan fingerprint density at radius 1 is 1.18 bits per heavy atom. The van der Waals surface area contributed by atoms with E-state index in [9.17, 15) is 9.59 Å². The number of nitrogens with one attached hydrogen (secondary N) is 1. The molecule has 1 amide bonds. The fourth-order valence-corrected chi connectivity index (χ4v) is 3.06. The van der Waals surface area contributed by atoms with Gasteiger partial charge in [0.05, 0.1) is 10.7 Å². The lowest BCUT2D eigenvalue weighted by molar-refractivity contribution is -0.120. The number of rotatable bonds is 7. The predicted octanol–water partition coefficient (Wildman–Crippen LogP) is 4.30. The largest absolute Gasteiger partial charge is 0.487 e. The molecule has 7 heteroatoms. The Morgan fingerprint density at radius 2 is 1.89 bits per heavy atom. The molecule has 0 atom stereocenters. The Hall–Kier alpha value is -2.86. The number of pyridine rings is 1. The molecular weight excluding hydrogens is 378 g/mol. The molecule has 6 nitrogen and oxygen atoms in total. The highest BCUT2D eigenvalue weighted by atomic mass is 35.5. The van der Waals surface area contributed by atoms with Crippen LogP contribution < -0.4 is 15.6 Å². The second-order valence-electron chi connectivity index (χ2n) is 6.48. The number of hydrogen-bond acceptors (Lipinski definition) is 4. The third-order valence-electron chi connectivity index (χ3n) is 4.54. The van der Waals surface area contributed by atoms with Gasteiger partial charge < -0.3 is 10.1 Å². The summed E-state index contributed by atoms with van der Waals surface area (Å²) in [7, 11) is 0. The smallest absolute Gasteiger partial charge is 0.258 e. The van der Waals surface area contributed by atoms with Gasteiger partial charge in [-0.2, -0.15) is 0 Å². The van der Waals surface area contributed by atoms with Gasteiger partial charge in [-0.15, -0.1) is 0 Å². The molecule has 0 spiro atoms. The van der Waals surface area contributed by atoms with Crippen LogP contribution in [-0.2, 0) is 11.4 Å². The van der Waals surface area contributed by atoms with Crippen molar-refractivity contribution < 1.29 is 9.53 Å². The number of amides is 1. The molecular formula is C21H22ClN3O3. The van der Waals surface area contributed by atoms with Crippen molar-refractivity contribution in [3.05, 3.63) is 69.7 Å². The number of aromatic nitrogens is 2. The normalized spacial score (nSPS) is 11.0. The Balaban J connectivity index is 1.65. The highest BCUT2D eigenvalue weighted by molar-refractivity contribution is 6.30. The van der Waals surface area contributed by atoms with E-state index in [0.29, 0.717) is 22.1 Å². The molecule has 2 aromatic heterocycles. The molecule has 0 fully saturated rings. The van der Waals surface area contributed by atoms with E-state index < -0.39 is 0 Å². The molecule has 0 bridgehead atoms. The maximum absolute atomic E-state index is 12.2. The van der Waals surface area contributed by atoms with Crippen molar-refractivity contribution in [1.82, 2.24) is 9.38 Å². The molecule has 0 radical (unpaired) electrons. The molecule has 1 aromatic carbocycles. The average Bonchev–Trinajstić information content (AvgIpc) is 2.69. The molecule has 2 heterocycles. The first-order valence-corrected chi connectivity index (χ1v) is 9.59. The number of nitrogens with zero attached hydrogens (tertiary/aromatic N) is 2. The first-order chi connectivity index (χ1) is 13.5. The van der Waals surface area contributed by atoms with E-state index >= 15 is 0 Å². The van der Waals surface area contributed by atoms with Crippen molar-refractivity contribution in [1.29, 1.82) is 0 Å². The predicted molar refractivity (Wildman–Crippen MR) is 110 cm³/mol. The summed E-state index contributed by atoms with van der Waals surface area (Å²) in [6.45, 7) is 4.17. The molecule has 0 aliphatic carbocycles. The topological polar surface area (TPSA) is 72.7 Å². The number of anilines is 1. The van der Waals surface area contributed by atoms with Gasteiger partial charge in [-0.1, -0.05) is 25.4 Å². The minimum Gasteiger partial charge on any atom is -0.487 e. The molecule has 28 heavy (non-hydrogen) atoms. The first kappa shape index (κ1) is 19.9. The fourth-order valence-electron chi connectivity index (χ4n) is 2.90. The van der Waals surface area contributed by atoms with Gasteiger partial charge in [-0.05, 0) is 49.2 Å². The summed E-state index contributed by atoms with van der Waals surface area (Å²) < 4.78 is 7.11. The molecule has 3 aromatic rings. The molecule has 0 aliphatic heterocycles. The minimum atomic E-state index is -0.217.